The minimum atomic E-state index is -5.05. The van der Waals surface area contributed by atoms with Crippen molar-refractivity contribution >= 4 is 5.97 Å². The van der Waals surface area contributed by atoms with Crippen LogP contribution in [0.15, 0.2) is 6.07 Å². The Morgan fingerprint density at radius 1 is 1.50 bits per heavy atom. The number of methoxy groups -OCH3 is 1. The molecule has 0 radical (unpaired) electrons. The summed E-state index contributed by atoms with van der Waals surface area (Å²) in [5.41, 5.74) is -1.42. The summed E-state index contributed by atoms with van der Waals surface area (Å²) >= 11 is 0. The molecule has 0 aromatic carbocycles. The molecule has 0 aliphatic rings. The lowest BCUT2D eigenvalue weighted by Gasteiger charge is -2.11. The van der Waals surface area contributed by atoms with Crippen molar-refractivity contribution in [3.05, 3.63) is 17.3 Å². The molecule has 1 aromatic heterocycles. The van der Waals surface area contributed by atoms with E-state index in [1.54, 1.807) is 0 Å². The van der Waals surface area contributed by atoms with Gasteiger partial charge >= 0.3 is 12.3 Å². The second-order valence-corrected chi connectivity index (χ2v) is 2.98. The summed E-state index contributed by atoms with van der Waals surface area (Å²) in [6, 6.07) is 0.508. The van der Waals surface area contributed by atoms with Crippen molar-refractivity contribution in [1.29, 1.82) is 0 Å². The molecule has 18 heavy (non-hydrogen) atoms. The molecule has 1 aromatic rings. The zero-order valence-electron chi connectivity index (χ0n) is 8.92. The molecule has 0 saturated carbocycles. The number of aromatic hydroxyl groups is 1. The van der Waals surface area contributed by atoms with Gasteiger partial charge in [0.2, 0.25) is 5.88 Å². The fourth-order valence-corrected chi connectivity index (χ4v) is 1.10. The van der Waals surface area contributed by atoms with E-state index in [4.69, 9.17) is 0 Å². The maximum Gasteiger partial charge on any atom is 0.574 e. The van der Waals surface area contributed by atoms with Crippen LogP contribution in [0.5, 0.6) is 11.6 Å². The average molecular weight is 269 g/mol. The van der Waals surface area contributed by atoms with Crippen LogP contribution < -0.4 is 4.74 Å². The number of hydrogen-bond acceptors (Lipinski definition) is 5. The van der Waals surface area contributed by atoms with E-state index in [1.807, 2.05) is 0 Å². The SMILES string of the molecule is COC(=O)c1cc(OC(F)(F)F)nc(CF)c1O. The minimum Gasteiger partial charge on any atom is -0.505 e. The fraction of sp³-hybridized carbons (Fsp3) is 0.333. The third kappa shape index (κ3) is 3.22. The zero-order chi connectivity index (χ0) is 13.9. The van der Waals surface area contributed by atoms with Gasteiger partial charge in [-0.15, -0.1) is 13.2 Å². The van der Waals surface area contributed by atoms with Gasteiger partial charge in [0.1, 0.15) is 17.9 Å². The molecule has 0 saturated heterocycles. The summed E-state index contributed by atoms with van der Waals surface area (Å²) in [5, 5.41) is 9.37. The van der Waals surface area contributed by atoms with Gasteiger partial charge in [-0.1, -0.05) is 0 Å². The highest BCUT2D eigenvalue weighted by molar-refractivity contribution is 5.92. The van der Waals surface area contributed by atoms with Gasteiger partial charge in [0, 0.05) is 6.07 Å². The molecule has 0 bridgehead atoms. The molecule has 0 unspecified atom stereocenters. The van der Waals surface area contributed by atoms with Crippen LogP contribution in [-0.2, 0) is 11.4 Å². The van der Waals surface area contributed by atoms with Crippen molar-refractivity contribution in [2.24, 2.45) is 0 Å². The Labute approximate surface area is 98.0 Å². The Morgan fingerprint density at radius 3 is 2.56 bits per heavy atom. The molecule has 0 aliphatic heterocycles. The van der Waals surface area contributed by atoms with Gasteiger partial charge in [0.05, 0.1) is 7.11 Å². The van der Waals surface area contributed by atoms with E-state index in [0.29, 0.717) is 6.07 Å². The molecule has 5 nitrogen and oxygen atoms in total. The normalized spacial score (nSPS) is 11.2. The molecule has 0 aliphatic carbocycles. The monoisotopic (exact) mass is 269 g/mol. The molecule has 9 heteroatoms. The average Bonchev–Trinajstić information content (AvgIpc) is 2.28. The van der Waals surface area contributed by atoms with Crippen molar-refractivity contribution in [3.63, 3.8) is 0 Å². The van der Waals surface area contributed by atoms with Crippen molar-refractivity contribution in [1.82, 2.24) is 4.98 Å². The number of alkyl halides is 4. The van der Waals surface area contributed by atoms with Gasteiger partial charge in [-0.25, -0.2) is 14.2 Å². The van der Waals surface area contributed by atoms with Crippen molar-refractivity contribution in [2.75, 3.05) is 7.11 Å². The van der Waals surface area contributed by atoms with E-state index in [9.17, 15) is 27.5 Å². The highest BCUT2D eigenvalue weighted by Crippen LogP contribution is 2.29. The largest absolute Gasteiger partial charge is 0.574 e. The molecule has 0 atom stereocenters. The van der Waals surface area contributed by atoms with Crippen molar-refractivity contribution < 1.29 is 36.9 Å². The van der Waals surface area contributed by atoms with E-state index in [2.05, 4.69) is 14.5 Å². The summed E-state index contributed by atoms with van der Waals surface area (Å²) in [6.07, 6.45) is -5.05. The van der Waals surface area contributed by atoms with E-state index in [1.165, 1.54) is 0 Å². The maximum absolute atomic E-state index is 12.4. The van der Waals surface area contributed by atoms with Crippen LogP contribution in [0, 0.1) is 0 Å². The smallest absolute Gasteiger partial charge is 0.505 e. The lowest BCUT2D eigenvalue weighted by atomic mass is 10.2. The molecule has 0 spiro atoms. The molecular weight excluding hydrogens is 262 g/mol. The van der Waals surface area contributed by atoms with Crippen molar-refractivity contribution in [2.45, 2.75) is 13.0 Å². The number of carbonyl (C=O) groups excluding carboxylic acids is 1. The second kappa shape index (κ2) is 5.07. The van der Waals surface area contributed by atoms with Crippen LogP contribution in [0.1, 0.15) is 16.1 Å². The Kier molecular flexibility index (Phi) is 3.94. The number of halogens is 4. The summed E-state index contributed by atoms with van der Waals surface area (Å²) in [7, 11) is 0.946. The molecule has 1 rings (SSSR count). The first-order valence-electron chi connectivity index (χ1n) is 4.41. The van der Waals surface area contributed by atoms with Crippen LogP contribution in [-0.4, -0.2) is 29.5 Å². The number of rotatable bonds is 3. The number of aromatic nitrogens is 1. The molecule has 1 heterocycles. The first kappa shape index (κ1) is 14.0. The summed E-state index contributed by atoms with van der Waals surface area (Å²) in [5.74, 6) is -3.09. The topological polar surface area (TPSA) is 68.7 Å². The highest BCUT2D eigenvalue weighted by atomic mass is 19.4. The molecule has 100 valence electrons. The van der Waals surface area contributed by atoms with Crippen molar-refractivity contribution in [3.8, 4) is 11.6 Å². The van der Waals surface area contributed by atoms with E-state index >= 15 is 0 Å². The van der Waals surface area contributed by atoms with Gasteiger partial charge in [-0.05, 0) is 0 Å². The number of carbonyl (C=O) groups is 1. The molecule has 0 fully saturated rings. The minimum absolute atomic E-state index is 0.508. The summed E-state index contributed by atoms with van der Waals surface area (Å²) in [4.78, 5) is 14.2. The van der Waals surface area contributed by atoms with Gasteiger partial charge in [-0.2, -0.15) is 0 Å². The molecule has 1 N–H and O–H groups in total. The van der Waals surface area contributed by atoms with Crippen LogP contribution in [0.25, 0.3) is 0 Å². The fourth-order valence-electron chi connectivity index (χ4n) is 1.10. The summed E-state index contributed by atoms with van der Waals surface area (Å²) in [6.45, 7) is -1.37. The first-order chi connectivity index (χ1) is 8.28. The third-order valence-corrected chi connectivity index (χ3v) is 1.79. The van der Waals surface area contributed by atoms with Gasteiger partial charge in [0.25, 0.3) is 0 Å². The maximum atomic E-state index is 12.4. The van der Waals surface area contributed by atoms with Gasteiger partial charge in [-0.3, -0.25) is 0 Å². The molecule has 0 amide bonds. The summed E-state index contributed by atoms with van der Waals surface area (Å²) < 4.78 is 56.0. The quantitative estimate of drug-likeness (QED) is 0.670. The Bertz CT molecular complexity index is 461. The predicted molar refractivity (Wildman–Crippen MR) is 48.7 cm³/mol. The lowest BCUT2D eigenvalue weighted by Crippen LogP contribution is -2.19. The van der Waals surface area contributed by atoms with Crippen LogP contribution in [0.3, 0.4) is 0 Å². The number of esters is 1. The zero-order valence-corrected chi connectivity index (χ0v) is 8.92. The predicted octanol–water partition coefficient (Wildman–Crippen LogP) is 1.94. The first-order valence-corrected chi connectivity index (χ1v) is 4.41. The van der Waals surface area contributed by atoms with E-state index < -0.39 is 41.9 Å². The van der Waals surface area contributed by atoms with Crippen LogP contribution >= 0.6 is 0 Å². The highest BCUT2D eigenvalue weighted by Gasteiger charge is 2.33. The Balaban J connectivity index is 3.26. The van der Waals surface area contributed by atoms with Gasteiger partial charge < -0.3 is 14.6 Å². The van der Waals surface area contributed by atoms with E-state index in [0.717, 1.165) is 7.11 Å². The van der Waals surface area contributed by atoms with Gasteiger partial charge in [0.15, 0.2) is 5.75 Å². The number of nitrogens with zero attached hydrogens (tertiary/aromatic N) is 1. The number of ether oxygens (including phenoxy) is 2. The van der Waals surface area contributed by atoms with E-state index in [-0.39, 0.29) is 0 Å². The third-order valence-electron chi connectivity index (χ3n) is 1.79. The Hall–Kier alpha value is -2.06. The van der Waals surface area contributed by atoms with Crippen LogP contribution in [0.4, 0.5) is 17.6 Å². The standard InChI is InChI=1S/C9H7F4NO4/c1-17-8(16)4-2-6(18-9(11,12)13)14-5(3-10)7(4)15/h2,15H,3H2,1H3. The molecular formula is C9H7F4NO4. The van der Waals surface area contributed by atoms with Crippen LogP contribution in [0.2, 0.25) is 0 Å². The second-order valence-electron chi connectivity index (χ2n) is 2.98. The number of hydrogen-bond donors (Lipinski definition) is 1. The lowest BCUT2D eigenvalue weighted by molar-refractivity contribution is -0.276. The Morgan fingerprint density at radius 2 is 2.11 bits per heavy atom. The number of pyridine rings is 1.